The lowest BCUT2D eigenvalue weighted by Gasteiger charge is -2.15. The van der Waals surface area contributed by atoms with Gasteiger partial charge in [-0.15, -0.1) is 6.58 Å². The molecule has 0 fully saturated rings. The summed E-state index contributed by atoms with van der Waals surface area (Å²) in [4.78, 5) is 0. The molecule has 3 heteroatoms. The topological polar surface area (TPSA) is 41.5 Å². The number of nitrogens with one attached hydrogen (secondary N) is 1. The predicted octanol–water partition coefficient (Wildman–Crippen LogP) is 2.64. The minimum atomic E-state index is 0.124. The zero-order valence-electron chi connectivity index (χ0n) is 10.4. The SMILES string of the molecule is C=CCCOCCNC(C)c1ccccc1O. The molecular weight excluding hydrogens is 214 g/mol. The van der Waals surface area contributed by atoms with E-state index in [1.165, 1.54) is 0 Å². The molecule has 0 aliphatic heterocycles. The highest BCUT2D eigenvalue weighted by molar-refractivity contribution is 5.33. The van der Waals surface area contributed by atoms with Gasteiger partial charge in [0.25, 0.3) is 0 Å². The van der Waals surface area contributed by atoms with Crippen LogP contribution in [0.5, 0.6) is 5.75 Å². The third-order valence-corrected chi connectivity index (χ3v) is 2.57. The van der Waals surface area contributed by atoms with Crippen LogP contribution >= 0.6 is 0 Å². The monoisotopic (exact) mass is 235 g/mol. The van der Waals surface area contributed by atoms with Gasteiger partial charge in [0, 0.05) is 18.2 Å². The number of rotatable bonds is 8. The molecule has 1 rings (SSSR count). The maximum absolute atomic E-state index is 9.67. The summed E-state index contributed by atoms with van der Waals surface area (Å²) in [6, 6.07) is 7.50. The van der Waals surface area contributed by atoms with E-state index in [-0.39, 0.29) is 6.04 Å². The Hall–Kier alpha value is -1.32. The molecular formula is C14H21NO2. The minimum Gasteiger partial charge on any atom is -0.508 e. The standard InChI is InChI=1S/C14H21NO2/c1-3-4-10-17-11-9-15-12(2)13-7-5-6-8-14(13)16/h3,5-8,12,15-16H,1,4,9-11H2,2H3. The summed E-state index contributed by atoms with van der Waals surface area (Å²) in [5.74, 6) is 0.333. The third-order valence-electron chi connectivity index (χ3n) is 2.57. The first-order valence-electron chi connectivity index (χ1n) is 5.95. The predicted molar refractivity (Wildman–Crippen MR) is 70.2 cm³/mol. The molecule has 0 bridgehead atoms. The van der Waals surface area contributed by atoms with Gasteiger partial charge in [0.1, 0.15) is 5.75 Å². The van der Waals surface area contributed by atoms with Crippen molar-refractivity contribution in [3.8, 4) is 5.75 Å². The van der Waals surface area contributed by atoms with Crippen LogP contribution in [0.1, 0.15) is 24.9 Å². The fraction of sp³-hybridized carbons (Fsp3) is 0.429. The summed E-state index contributed by atoms with van der Waals surface area (Å²) in [5.41, 5.74) is 0.915. The first-order chi connectivity index (χ1) is 8.25. The number of para-hydroxylation sites is 1. The highest BCUT2D eigenvalue weighted by Crippen LogP contribution is 2.22. The van der Waals surface area contributed by atoms with Crippen molar-refractivity contribution in [2.45, 2.75) is 19.4 Å². The first-order valence-corrected chi connectivity index (χ1v) is 5.95. The number of benzene rings is 1. The van der Waals surface area contributed by atoms with Crippen LogP contribution in [0.2, 0.25) is 0 Å². The van der Waals surface area contributed by atoms with E-state index in [9.17, 15) is 5.11 Å². The smallest absolute Gasteiger partial charge is 0.120 e. The second-order valence-corrected chi connectivity index (χ2v) is 3.92. The summed E-state index contributed by atoms with van der Waals surface area (Å²) in [7, 11) is 0. The second-order valence-electron chi connectivity index (χ2n) is 3.92. The molecule has 1 aromatic carbocycles. The summed E-state index contributed by atoms with van der Waals surface area (Å²) in [6.45, 7) is 7.82. The molecule has 94 valence electrons. The Labute approximate surface area is 103 Å². The van der Waals surface area contributed by atoms with Crippen molar-refractivity contribution in [2.75, 3.05) is 19.8 Å². The summed E-state index contributed by atoms with van der Waals surface area (Å²) in [5, 5.41) is 13.0. The van der Waals surface area contributed by atoms with Crippen molar-refractivity contribution in [3.63, 3.8) is 0 Å². The zero-order chi connectivity index (χ0) is 12.5. The van der Waals surface area contributed by atoms with Crippen LogP contribution in [0, 0.1) is 0 Å². The van der Waals surface area contributed by atoms with Crippen molar-refractivity contribution < 1.29 is 9.84 Å². The molecule has 0 saturated carbocycles. The van der Waals surface area contributed by atoms with E-state index in [1.54, 1.807) is 6.07 Å². The lowest BCUT2D eigenvalue weighted by atomic mass is 10.1. The highest BCUT2D eigenvalue weighted by atomic mass is 16.5. The van der Waals surface area contributed by atoms with Gasteiger partial charge < -0.3 is 15.2 Å². The molecule has 0 aromatic heterocycles. The second kappa shape index (κ2) is 7.87. The van der Waals surface area contributed by atoms with E-state index in [4.69, 9.17) is 4.74 Å². The third kappa shape index (κ3) is 5.02. The Bertz CT molecular complexity index is 339. The van der Waals surface area contributed by atoms with Gasteiger partial charge in [-0.1, -0.05) is 24.3 Å². The molecule has 0 aliphatic carbocycles. The lowest BCUT2D eigenvalue weighted by Crippen LogP contribution is -2.23. The minimum absolute atomic E-state index is 0.124. The van der Waals surface area contributed by atoms with Crippen LogP contribution in [-0.4, -0.2) is 24.9 Å². The van der Waals surface area contributed by atoms with Gasteiger partial charge in [-0.05, 0) is 19.4 Å². The Morgan fingerprint density at radius 3 is 2.88 bits per heavy atom. The Kier molecular flexibility index (Phi) is 6.37. The molecule has 0 spiro atoms. The summed E-state index contributed by atoms with van der Waals surface area (Å²) in [6.07, 6.45) is 2.73. The summed E-state index contributed by atoms with van der Waals surface area (Å²) >= 11 is 0. The molecule has 17 heavy (non-hydrogen) atoms. The van der Waals surface area contributed by atoms with Crippen molar-refractivity contribution in [1.82, 2.24) is 5.32 Å². The molecule has 2 N–H and O–H groups in total. The molecule has 0 saturated heterocycles. The lowest BCUT2D eigenvalue weighted by molar-refractivity contribution is 0.138. The molecule has 0 aliphatic rings. The molecule has 0 amide bonds. The quantitative estimate of drug-likeness (QED) is 0.537. The largest absolute Gasteiger partial charge is 0.508 e. The highest BCUT2D eigenvalue weighted by Gasteiger charge is 2.07. The fourth-order valence-corrected chi connectivity index (χ4v) is 1.58. The fourth-order valence-electron chi connectivity index (χ4n) is 1.58. The average molecular weight is 235 g/mol. The van der Waals surface area contributed by atoms with E-state index in [0.717, 1.165) is 25.1 Å². The van der Waals surface area contributed by atoms with Crippen molar-refractivity contribution >= 4 is 0 Å². The van der Waals surface area contributed by atoms with Crippen LogP contribution in [0.4, 0.5) is 0 Å². The van der Waals surface area contributed by atoms with Crippen molar-refractivity contribution in [3.05, 3.63) is 42.5 Å². The number of aromatic hydroxyl groups is 1. The van der Waals surface area contributed by atoms with E-state index < -0.39 is 0 Å². The van der Waals surface area contributed by atoms with Crippen LogP contribution in [0.15, 0.2) is 36.9 Å². The Balaban J connectivity index is 2.23. The normalized spacial score (nSPS) is 12.3. The van der Waals surface area contributed by atoms with Gasteiger partial charge in [0.2, 0.25) is 0 Å². The van der Waals surface area contributed by atoms with Crippen LogP contribution in [0.3, 0.4) is 0 Å². The van der Waals surface area contributed by atoms with Gasteiger partial charge in [-0.3, -0.25) is 0 Å². The van der Waals surface area contributed by atoms with Crippen molar-refractivity contribution in [2.24, 2.45) is 0 Å². The number of phenolic OH excluding ortho intramolecular Hbond substituents is 1. The van der Waals surface area contributed by atoms with E-state index >= 15 is 0 Å². The maximum Gasteiger partial charge on any atom is 0.120 e. The van der Waals surface area contributed by atoms with Gasteiger partial charge in [-0.25, -0.2) is 0 Å². The Morgan fingerprint density at radius 2 is 2.18 bits per heavy atom. The molecule has 3 nitrogen and oxygen atoms in total. The summed E-state index contributed by atoms with van der Waals surface area (Å²) < 4.78 is 5.39. The maximum atomic E-state index is 9.67. The van der Waals surface area contributed by atoms with E-state index in [2.05, 4.69) is 11.9 Å². The van der Waals surface area contributed by atoms with E-state index in [1.807, 2.05) is 31.2 Å². The Morgan fingerprint density at radius 1 is 1.41 bits per heavy atom. The molecule has 1 unspecified atom stereocenters. The van der Waals surface area contributed by atoms with Gasteiger partial charge in [-0.2, -0.15) is 0 Å². The molecule has 1 atom stereocenters. The van der Waals surface area contributed by atoms with Crippen molar-refractivity contribution in [1.29, 1.82) is 0 Å². The molecule has 0 heterocycles. The zero-order valence-corrected chi connectivity index (χ0v) is 10.4. The number of phenols is 1. The van der Waals surface area contributed by atoms with Crippen LogP contribution in [0.25, 0.3) is 0 Å². The molecule has 1 aromatic rings. The number of hydrogen-bond acceptors (Lipinski definition) is 3. The number of hydrogen-bond donors (Lipinski definition) is 2. The van der Waals surface area contributed by atoms with Crippen LogP contribution < -0.4 is 5.32 Å². The van der Waals surface area contributed by atoms with Gasteiger partial charge in [0.05, 0.1) is 13.2 Å². The molecule has 0 radical (unpaired) electrons. The average Bonchev–Trinajstić information content (AvgIpc) is 2.34. The van der Waals surface area contributed by atoms with E-state index in [0.29, 0.717) is 12.4 Å². The first kappa shape index (κ1) is 13.7. The van der Waals surface area contributed by atoms with Gasteiger partial charge in [0.15, 0.2) is 0 Å². The number of ether oxygens (including phenoxy) is 1. The van der Waals surface area contributed by atoms with Gasteiger partial charge >= 0.3 is 0 Å². The van der Waals surface area contributed by atoms with Crippen LogP contribution in [-0.2, 0) is 4.74 Å².